The van der Waals surface area contributed by atoms with E-state index in [0.29, 0.717) is 18.1 Å². The van der Waals surface area contributed by atoms with Crippen LogP contribution in [0.1, 0.15) is 40.0 Å². The Kier molecular flexibility index (Phi) is 8.82. The standard InChI is InChI=1S/C16H30N6O/c1-4-6-10-23-16-21-14(18)13(17)15(22-16)20-9-7-8-19-11-12(3)5-2/h5,19H,4,6-11,17H2,1-3H3,(H3,18,20,21,22)/b12-5+. The molecule has 1 heterocycles. The zero-order valence-corrected chi connectivity index (χ0v) is 14.5. The lowest BCUT2D eigenvalue weighted by molar-refractivity contribution is 0.286. The number of anilines is 3. The van der Waals surface area contributed by atoms with Crippen LogP contribution in [0.5, 0.6) is 6.01 Å². The van der Waals surface area contributed by atoms with Crippen LogP contribution in [0.15, 0.2) is 11.6 Å². The molecular formula is C16H30N6O. The summed E-state index contributed by atoms with van der Waals surface area (Å²) in [5.74, 6) is 0.782. The molecule has 0 radical (unpaired) electrons. The highest BCUT2D eigenvalue weighted by Gasteiger charge is 2.10. The van der Waals surface area contributed by atoms with Crippen LogP contribution in [0.25, 0.3) is 0 Å². The average Bonchev–Trinajstić information content (AvgIpc) is 2.54. The molecule has 0 unspecified atom stereocenters. The summed E-state index contributed by atoms with van der Waals surface area (Å²) in [4.78, 5) is 8.34. The normalized spacial score (nSPS) is 11.5. The monoisotopic (exact) mass is 322 g/mol. The minimum absolute atomic E-state index is 0.246. The number of hydrogen-bond acceptors (Lipinski definition) is 7. The van der Waals surface area contributed by atoms with Crippen molar-refractivity contribution in [2.75, 3.05) is 43.0 Å². The number of hydrogen-bond donors (Lipinski definition) is 4. The topological polar surface area (TPSA) is 111 Å². The second-order valence-corrected chi connectivity index (χ2v) is 5.45. The highest BCUT2D eigenvalue weighted by atomic mass is 16.5. The second-order valence-electron chi connectivity index (χ2n) is 5.45. The van der Waals surface area contributed by atoms with E-state index >= 15 is 0 Å². The van der Waals surface area contributed by atoms with Crippen molar-refractivity contribution in [1.29, 1.82) is 0 Å². The Bertz CT molecular complexity index is 504. The zero-order chi connectivity index (χ0) is 17.1. The van der Waals surface area contributed by atoms with Crippen molar-refractivity contribution >= 4 is 17.3 Å². The maximum Gasteiger partial charge on any atom is 0.320 e. The van der Waals surface area contributed by atoms with Crippen molar-refractivity contribution < 1.29 is 4.74 Å². The predicted octanol–water partition coefficient (Wildman–Crippen LogP) is 2.18. The fraction of sp³-hybridized carbons (Fsp3) is 0.625. The van der Waals surface area contributed by atoms with E-state index < -0.39 is 0 Å². The van der Waals surface area contributed by atoms with Crippen molar-refractivity contribution in [3.8, 4) is 6.01 Å². The van der Waals surface area contributed by atoms with Gasteiger partial charge in [0.15, 0.2) is 11.6 Å². The Morgan fingerprint density at radius 2 is 2.00 bits per heavy atom. The molecule has 0 aliphatic carbocycles. The third-order valence-corrected chi connectivity index (χ3v) is 3.40. The summed E-state index contributed by atoms with van der Waals surface area (Å²) in [5, 5.41) is 6.57. The summed E-state index contributed by atoms with van der Waals surface area (Å²) < 4.78 is 5.49. The first-order valence-electron chi connectivity index (χ1n) is 8.20. The lowest BCUT2D eigenvalue weighted by Crippen LogP contribution is -2.20. The largest absolute Gasteiger partial charge is 0.463 e. The maximum absolute atomic E-state index is 5.91. The molecule has 0 saturated carbocycles. The Morgan fingerprint density at radius 3 is 2.70 bits per heavy atom. The van der Waals surface area contributed by atoms with Gasteiger partial charge in [0.1, 0.15) is 5.69 Å². The molecule has 0 aliphatic heterocycles. The highest BCUT2D eigenvalue weighted by Crippen LogP contribution is 2.23. The molecule has 0 spiro atoms. The molecule has 7 heteroatoms. The summed E-state index contributed by atoms with van der Waals surface area (Å²) in [5.41, 5.74) is 13.4. The Labute approximate surface area is 138 Å². The first-order chi connectivity index (χ1) is 11.1. The van der Waals surface area contributed by atoms with Crippen LogP contribution in [0.2, 0.25) is 0 Å². The lowest BCUT2D eigenvalue weighted by Gasteiger charge is -2.12. The highest BCUT2D eigenvalue weighted by molar-refractivity contribution is 5.73. The molecule has 0 aliphatic rings. The third-order valence-electron chi connectivity index (χ3n) is 3.40. The van der Waals surface area contributed by atoms with Gasteiger partial charge in [-0.15, -0.1) is 0 Å². The molecule has 0 bridgehead atoms. The lowest BCUT2D eigenvalue weighted by atomic mass is 10.3. The summed E-state index contributed by atoms with van der Waals surface area (Å²) >= 11 is 0. The van der Waals surface area contributed by atoms with E-state index in [1.807, 2.05) is 6.92 Å². The van der Waals surface area contributed by atoms with Crippen LogP contribution < -0.4 is 26.8 Å². The van der Waals surface area contributed by atoms with Crippen LogP contribution in [0.3, 0.4) is 0 Å². The first kappa shape index (κ1) is 19.0. The van der Waals surface area contributed by atoms with E-state index in [1.54, 1.807) is 0 Å². The van der Waals surface area contributed by atoms with E-state index in [1.165, 1.54) is 5.57 Å². The summed E-state index contributed by atoms with van der Waals surface area (Å²) in [6, 6.07) is 0.273. The molecule has 1 aromatic rings. The number of nitrogen functional groups attached to an aromatic ring is 2. The quantitative estimate of drug-likeness (QED) is 0.365. The van der Waals surface area contributed by atoms with Gasteiger partial charge in [-0.3, -0.25) is 0 Å². The maximum atomic E-state index is 5.91. The van der Waals surface area contributed by atoms with Crippen molar-refractivity contribution in [3.63, 3.8) is 0 Å². The van der Waals surface area contributed by atoms with Crippen molar-refractivity contribution in [2.45, 2.75) is 40.0 Å². The molecule has 0 amide bonds. The SMILES string of the molecule is C/C=C(\C)CNCCCNc1nc(OCCCC)nc(N)c1N. The van der Waals surface area contributed by atoms with Crippen LogP contribution in [-0.2, 0) is 0 Å². The molecule has 23 heavy (non-hydrogen) atoms. The molecule has 130 valence electrons. The van der Waals surface area contributed by atoms with E-state index in [-0.39, 0.29) is 11.8 Å². The van der Waals surface area contributed by atoms with Crippen molar-refractivity contribution in [2.24, 2.45) is 0 Å². The third kappa shape index (κ3) is 7.19. The van der Waals surface area contributed by atoms with Gasteiger partial charge in [-0.2, -0.15) is 9.97 Å². The van der Waals surface area contributed by atoms with Gasteiger partial charge >= 0.3 is 6.01 Å². The average molecular weight is 322 g/mol. The van der Waals surface area contributed by atoms with E-state index in [4.69, 9.17) is 16.2 Å². The number of unbranched alkanes of at least 4 members (excludes halogenated alkanes) is 1. The number of ether oxygens (including phenoxy) is 1. The van der Waals surface area contributed by atoms with Crippen molar-refractivity contribution in [1.82, 2.24) is 15.3 Å². The molecule has 0 atom stereocenters. The van der Waals surface area contributed by atoms with Gasteiger partial charge in [0.05, 0.1) is 6.61 Å². The minimum Gasteiger partial charge on any atom is -0.463 e. The molecule has 0 fully saturated rings. The molecule has 1 aromatic heterocycles. The van der Waals surface area contributed by atoms with Crippen LogP contribution in [0, 0.1) is 0 Å². The van der Waals surface area contributed by atoms with E-state index in [9.17, 15) is 0 Å². The summed E-state index contributed by atoms with van der Waals surface area (Å²) in [6.45, 7) is 9.40. The Morgan fingerprint density at radius 1 is 1.22 bits per heavy atom. The number of nitrogens with two attached hydrogens (primary N) is 2. The van der Waals surface area contributed by atoms with Crippen LogP contribution >= 0.6 is 0 Å². The number of aromatic nitrogens is 2. The van der Waals surface area contributed by atoms with Gasteiger partial charge in [0.25, 0.3) is 0 Å². The second kappa shape index (κ2) is 10.7. The molecule has 6 N–H and O–H groups in total. The molecule has 0 saturated heterocycles. The first-order valence-corrected chi connectivity index (χ1v) is 8.20. The van der Waals surface area contributed by atoms with Gasteiger partial charge in [0.2, 0.25) is 0 Å². The number of rotatable bonds is 11. The molecular weight excluding hydrogens is 292 g/mol. The molecule has 0 aromatic carbocycles. The smallest absolute Gasteiger partial charge is 0.320 e. The minimum atomic E-state index is 0.246. The van der Waals surface area contributed by atoms with Crippen LogP contribution in [-0.4, -0.2) is 36.2 Å². The molecule has 7 nitrogen and oxygen atoms in total. The van der Waals surface area contributed by atoms with E-state index in [0.717, 1.165) is 38.9 Å². The predicted molar refractivity (Wildman–Crippen MR) is 96.7 cm³/mol. The summed E-state index contributed by atoms with van der Waals surface area (Å²) in [6.07, 6.45) is 5.06. The van der Waals surface area contributed by atoms with Gasteiger partial charge in [0, 0.05) is 13.1 Å². The zero-order valence-electron chi connectivity index (χ0n) is 14.5. The number of nitrogens with one attached hydrogen (secondary N) is 2. The summed E-state index contributed by atoms with van der Waals surface area (Å²) in [7, 11) is 0. The Balaban J connectivity index is 2.42. The van der Waals surface area contributed by atoms with Gasteiger partial charge < -0.3 is 26.8 Å². The fourth-order valence-corrected chi connectivity index (χ4v) is 1.78. The van der Waals surface area contributed by atoms with Gasteiger partial charge in [-0.1, -0.05) is 25.0 Å². The Hall–Kier alpha value is -2.02. The molecule has 1 rings (SSSR count). The fourth-order valence-electron chi connectivity index (χ4n) is 1.78. The van der Waals surface area contributed by atoms with Crippen LogP contribution in [0.4, 0.5) is 17.3 Å². The number of nitrogens with zero attached hydrogens (tertiary/aromatic N) is 2. The van der Waals surface area contributed by atoms with Crippen molar-refractivity contribution in [3.05, 3.63) is 11.6 Å². The van der Waals surface area contributed by atoms with Gasteiger partial charge in [-0.05, 0) is 33.2 Å². The van der Waals surface area contributed by atoms with E-state index in [2.05, 4.69) is 40.5 Å². The van der Waals surface area contributed by atoms with Gasteiger partial charge in [-0.25, -0.2) is 0 Å². The number of allylic oxidation sites excluding steroid dienone is 1.